The van der Waals surface area contributed by atoms with Gasteiger partial charge in [0.15, 0.2) is 0 Å². The Labute approximate surface area is 242 Å². The number of rotatable bonds is 10. The highest BCUT2D eigenvalue weighted by Gasteiger charge is 2.44. The van der Waals surface area contributed by atoms with Crippen LogP contribution in [-0.4, -0.2) is 81.6 Å². The lowest BCUT2D eigenvalue weighted by molar-refractivity contribution is -0.123. The lowest BCUT2D eigenvalue weighted by Crippen LogP contribution is -2.48. The maximum Gasteiger partial charge on any atom is 0.259 e. The Kier molecular flexibility index (Phi) is 9.21. The summed E-state index contributed by atoms with van der Waals surface area (Å²) in [6.45, 7) is 9.16. The van der Waals surface area contributed by atoms with Crippen LogP contribution in [0.4, 0.5) is 5.69 Å². The van der Waals surface area contributed by atoms with Crippen molar-refractivity contribution in [2.24, 2.45) is 0 Å². The third-order valence-electron chi connectivity index (χ3n) is 8.29. The van der Waals surface area contributed by atoms with Crippen LogP contribution in [0.5, 0.6) is 11.5 Å². The van der Waals surface area contributed by atoms with Crippen molar-refractivity contribution in [3.63, 3.8) is 0 Å². The smallest absolute Gasteiger partial charge is 0.259 e. The zero-order chi connectivity index (χ0) is 28.8. The fraction of sp³-hybridized carbons (Fsp3) is 0.394. The van der Waals surface area contributed by atoms with Gasteiger partial charge in [-0.1, -0.05) is 37.3 Å². The normalized spacial score (nSPS) is 19.5. The Morgan fingerprint density at radius 1 is 0.854 bits per heavy atom. The number of fused-ring (bicyclic) bond motifs is 1. The molecule has 2 aliphatic heterocycles. The van der Waals surface area contributed by atoms with Gasteiger partial charge in [0.25, 0.3) is 5.91 Å². The number of hydrogen-bond acceptors (Lipinski definition) is 6. The molecule has 5 rings (SSSR count). The molecule has 0 aromatic heterocycles. The maximum atomic E-state index is 14.1. The fourth-order valence-corrected chi connectivity index (χ4v) is 5.94. The van der Waals surface area contributed by atoms with E-state index in [1.54, 1.807) is 19.1 Å². The molecule has 1 fully saturated rings. The molecule has 1 N–H and O–H groups in total. The van der Waals surface area contributed by atoms with Crippen LogP contribution in [0.1, 0.15) is 46.8 Å². The molecule has 216 valence electrons. The second kappa shape index (κ2) is 13.2. The molecule has 0 radical (unpaired) electrons. The van der Waals surface area contributed by atoms with Crippen molar-refractivity contribution in [2.75, 3.05) is 64.9 Å². The van der Waals surface area contributed by atoms with E-state index in [4.69, 9.17) is 9.47 Å². The zero-order valence-corrected chi connectivity index (χ0v) is 24.2. The van der Waals surface area contributed by atoms with Gasteiger partial charge in [-0.2, -0.15) is 0 Å². The Balaban J connectivity index is 1.43. The van der Waals surface area contributed by atoms with E-state index in [1.807, 2.05) is 72.8 Å². The summed E-state index contributed by atoms with van der Waals surface area (Å²) >= 11 is 0. The van der Waals surface area contributed by atoms with Gasteiger partial charge in [-0.3, -0.25) is 14.5 Å². The monoisotopic (exact) mass is 556 g/mol. The lowest BCUT2D eigenvalue weighted by atomic mass is 9.78. The maximum absolute atomic E-state index is 14.1. The van der Waals surface area contributed by atoms with E-state index >= 15 is 0 Å². The molecule has 0 unspecified atom stereocenters. The topological polar surface area (TPSA) is 74.4 Å². The van der Waals surface area contributed by atoms with Crippen molar-refractivity contribution in [3.8, 4) is 11.5 Å². The average molecular weight is 557 g/mol. The number of nitrogens with zero attached hydrogens (tertiary/aromatic N) is 3. The van der Waals surface area contributed by atoms with Crippen molar-refractivity contribution in [2.45, 2.75) is 25.3 Å². The Morgan fingerprint density at radius 3 is 2.10 bits per heavy atom. The summed E-state index contributed by atoms with van der Waals surface area (Å²) in [5, 5.41) is 3.22. The number of methoxy groups -OCH3 is 2. The minimum absolute atomic E-state index is 0.0833. The van der Waals surface area contributed by atoms with Gasteiger partial charge in [0.1, 0.15) is 11.5 Å². The van der Waals surface area contributed by atoms with E-state index in [1.165, 1.54) is 0 Å². The van der Waals surface area contributed by atoms with E-state index in [0.29, 0.717) is 29.3 Å². The number of nitrogens with one attached hydrogen (secondary N) is 1. The summed E-state index contributed by atoms with van der Waals surface area (Å²) in [5.41, 5.74) is 2.85. The summed E-state index contributed by atoms with van der Waals surface area (Å²) in [7, 11) is 3.24. The van der Waals surface area contributed by atoms with Crippen LogP contribution in [-0.2, 0) is 4.79 Å². The molecular weight excluding hydrogens is 516 g/mol. The van der Waals surface area contributed by atoms with Crippen LogP contribution in [0.15, 0.2) is 72.8 Å². The Morgan fingerprint density at radius 2 is 1.46 bits per heavy atom. The summed E-state index contributed by atoms with van der Waals surface area (Å²) in [6.07, 6.45) is 0.876. The fourth-order valence-electron chi connectivity index (χ4n) is 5.94. The van der Waals surface area contributed by atoms with Crippen molar-refractivity contribution in [3.05, 3.63) is 89.5 Å². The summed E-state index contributed by atoms with van der Waals surface area (Å²) in [6, 6.07) is 22.0. The Hall–Kier alpha value is -3.88. The van der Waals surface area contributed by atoms with E-state index in [2.05, 4.69) is 22.0 Å². The Bertz CT molecular complexity index is 1320. The highest BCUT2D eigenvalue weighted by molar-refractivity contribution is 6.11. The SMILES string of the molecule is CCN1CCN(CCCNC(=O)[C@@H]2c3ccccc3C(=O)N(c3ccc(OC)cc3)[C@H]2c2ccc(OC)cc2)CC1. The summed E-state index contributed by atoms with van der Waals surface area (Å²) < 4.78 is 10.8. The number of ether oxygens (including phenoxy) is 2. The molecule has 8 heteroatoms. The van der Waals surface area contributed by atoms with Crippen molar-refractivity contribution >= 4 is 17.5 Å². The van der Waals surface area contributed by atoms with Crippen LogP contribution in [0.25, 0.3) is 0 Å². The quantitative estimate of drug-likeness (QED) is 0.375. The highest BCUT2D eigenvalue weighted by Crippen LogP contribution is 2.45. The standard InChI is InChI=1S/C33H40N4O4/c1-4-35-20-22-36(23-21-35)19-7-18-34-32(38)30-28-8-5-6-9-29(28)33(39)37(25-12-16-27(41-3)17-13-25)31(30)24-10-14-26(40-2)15-11-24/h5-6,8-17,30-31H,4,7,18-23H2,1-3H3,(H,34,38)/t30-,31+/m1/s1. The van der Waals surface area contributed by atoms with Crippen molar-refractivity contribution < 1.29 is 19.1 Å². The molecule has 0 bridgehead atoms. The number of likely N-dealkylation sites (N-methyl/N-ethyl adjacent to an activating group) is 1. The van der Waals surface area contributed by atoms with Crippen LogP contribution < -0.4 is 19.7 Å². The van der Waals surface area contributed by atoms with Gasteiger partial charge in [0, 0.05) is 44.0 Å². The van der Waals surface area contributed by atoms with Crippen LogP contribution in [0, 0.1) is 0 Å². The van der Waals surface area contributed by atoms with E-state index in [9.17, 15) is 9.59 Å². The molecular formula is C33H40N4O4. The number of hydrogen-bond donors (Lipinski definition) is 1. The molecule has 2 aliphatic rings. The van der Waals surface area contributed by atoms with Gasteiger partial charge < -0.3 is 24.6 Å². The molecule has 2 atom stereocenters. The molecule has 2 heterocycles. The molecule has 0 aliphatic carbocycles. The van der Waals surface area contributed by atoms with Gasteiger partial charge in [-0.25, -0.2) is 0 Å². The van der Waals surface area contributed by atoms with Gasteiger partial charge in [0.05, 0.1) is 26.2 Å². The minimum atomic E-state index is -0.590. The van der Waals surface area contributed by atoms with Crippen LogP contribution in [0.3, 0.4) is 0 Å². The number of carbonyl (C=O) groups is 2. The number of carbonyl (C=O) groups excluding carboxylic acids is 2. The second-order valence-electron chi connectivity index (χ2n) is 10.6. The van der Waals surface area contributed by atoms with E-state index < -0.39 is 12.0 Å². The van der Waals surface area contributed by atoms with E-state index in [0.717, 1.165) is 56.8 Å². The third-order valence-corrected chi connectivity index (χ3v) is 8.29. The number of amides is 2. The van der Waals surface area contributed by atoms with Crippen LogP contribution >= 0.6 is 0 Å². The first kappa shape index (κ1) is 28.6. The molecule has 3 aromatic carbocycles. The highest BCUT2D eigenvalue weighted by atomic mass is 16.5. The molecule has 2 amide bonds. The molecule has 0 saturated carbocycles. The first-order chi connectivity index (χ1) is 20.0. The van der Waals surface area contributed by atoms with Crippen molar-refractivity contribution in [1.82, 2.24) is 15.1 Å². The molecule has 41 heavy (non-hydrogen) atoms. The predicted molar refractivity (Wildman–Crippen MR) is 161 cm³/mol. The van der Waals surface area contributed by atoms with Crippen molar-refractivity contribution in [1.29, 1.82) is 0 Å². The number of anilines is 1. The molecule has 1 saturated heterocycles. The predicted octanol–water partition coefficient (Wildman–Crippen LogP) is 4.33. The molecule has 3 aromatic rings. The van der Waals surface area contributed by atoms with Crippen LogP contribution in [0.2, 0.25) is 0 Å². The van der Waals surface area contributed by atoms with Gasteiger partial charge in [-0.05, 0) is 73.1 Å². The molecule has 0 spiro atoms. The third kappa shape index (κ3) is 6.24. The van der Waals surface area contributed by atoms with Gasteiger partial charge in [-0.15, -0.1) is 0 Å². The van der Waals surface area contributed by atoms with Gasteiger partial charge >= 0.3 is 0 Å². The summed E-state index contributed by atoms with van der Waals surface area (Å²) in [5.74, 6) is 0.604. The number of benzene rings is 3. The average Bonchev–Trinajstić information content (AvgIpc) is 3.03. The van der Waals surface area contributed by atoms with E-state index in [-0.39, 0.29) is 11.8 Å². The second-order valence-corrected chi connectivity index (χ2v) is 10.6. The molecule has 8 nitrogen and oxygen atoms in total. The summed E-state index contributed by atoms with van der Waals surface area (Å²) in [4.78, 5) is 34.8. The first-order valence-electron chi connectivity index (χ1n) is 14.5. The van der Waals surface area contributed by atoms with Gasteiger partial charge in [0.2, 0.25) is 5.91 Å². The lowest BCUT2D eigenvalue weighted by Gasteiger charge is -2.42. The number of piperazine rings is 1. The largest absolute Gasteiger partial charge is 0.497 e. The zero-order valence-electron chi connectivity index (χ0n) is 24.2. The first-order valence-corrected chi connectivity index (χ1v) is 14.5. The minimum Gasteiger partial charge on any atom is -0.497 e.